The number of aromatic hydroxyl groups is 6. The number of hydrogen-bond donors (Lipinski definition) is 17. The normalized spacial score (nSPS) is 29.6. The van der Waals surface area contributed by atoms with E-state index >= 15 is 0 Å². The van der Waals surface area contributed by atoms with Gasteiger partial charge in [-0.15, -0.1) is 37.2 Å². The first kappa shape index (κ1) is 90.3. The Hall–Kier alpha value is -9.06. The summed E-state index contributed by atoms with van der Waals surface area (Å²) in [5.74, 6) is -10.6. The number of hydrogen-bond acceptors (Lipinski definition) is 34. The topological polar surface area (TPSA) is 589 Å². The molecule has 9 aliphatic rings. The van der Waals surface area contributed by atoms with Gasteiger partial charge in [-0.3, -0.25) is 43.2 Å². The maximum Gasteiger partial charge on any atom is 0.202 e. The smallest absolute Gasteiger partial charge is 0.202 e. The van der Waals surface area contributed by atoms with E-state index in [1.54, 1.807) is 32.9 Å². The van der Waals surface area contributed by atoms with Crippen molar-refractivity contribution in [1.82, 2.24) is 0 Å². The summed E-state index contributed by atoms with van der Waals surface area (Å²) >= 11 is 0. The molecule has 3 saturated heterocycles. The van der Waals surface area contributed by atoms with Crippen LogP contribution in [0.5, 0.6) is 46.0 Å². The lowest BCUT2D eigenvalue weighted by Gasteiger charge is -2.42. The first-order chi connectivity index (χ1) is 53.8. The Morgan fingerprint density at radius 2 is 0.675 bits per heavy atom. The summed E-state index contributed by atoms with van der Waals surface area (Å²) in [6.45, 7) is 3.92. The standard InChI is InChI=1S/2C27H29NO11.C26H27NO9.3ClH/c2*1-10-22(31)13(28)6-17(38-10)39-15-8-27(36,16(30)9-29)7-12-19(15)26(35)21-20(24(12)33)23(32)11-4-3-5-14(37-2)18(11)25(21)34;1-10-21(29)15(27)7-17(35-10)36-16-9-26(34,11(2)28)8-14-18(16)25(33)20-19(24(14)32)22(30)12-5-3-4-6-13(12)23(20)31;;;/h2*3-5,10,13,15,17,22,29,31,33,35-36H,6-9,28H2,1-2H3;3-6,10,15-17,21,29,32-34H,7-9,27H2,1-2H3;3*1H/t10-,13-,15-,17-,22+,27-;10-,13-,15-,17-,22-,27-;10-,15-,16-,17-,21+,26-;;;/m000.../s1. The molecule has 0 radical (unpaired) electrons. The van der Waals surface area contributed by atoms with Crippen molar-refractivity contribution in [2.24, 2.45) is 17.2 Å². The molecule has 3 heterocycles. The predicted molar refractivity (Wildman–Crippen MR) is 409 cm³/mol. The molecule has 0 bridgehead atoms. The van der Waals surface area contributed by atoms with Gasteiger partial charge in [0.25, 0.3) is 0 Å². The fourth-order valence-corrected chi connectivity index (χ4v) is 16.9. The van der Waals surface area contributed by atoms with Crippen molar-refractivity contribution in [2.45, 2.75) is 194 Å². The zero-order chi connectivity index (χ0) is 82.9. The van der Waals surface area contributed by atoms with Crippen LogP contribution in [-0.2, 0) is 62.1 Å². The fraction of sp³-hybridized carbons (Fsp3) is 0.438. The average Bonchev–Trinajstić information content (AvgIpc) is 0.720. The van der Waals surface area contributed by atoms with Crippen molar-refractivity contribution in [2.75, 3.05) is 27.4 Å². The van der Waals surface area contributed by atoms with E-state index in [2.05, 4.69) is 0 Å². The summed E-state index contributed by atoms with van der Waals surface area (Å²) in [6, 6.07) is 12.7. The van der Waals surface area contributed by atoms with Gasteiger partial charge in [-0.05, 0) is 39.8 Å². The van der Waals surface area contributed by atoms with E-state index in [9.17, 15) is 115 Å². The number of benzene rings is 6. The number of aliphatic hydroxyl groups excluding tert-OH is 5. The number of Topliss-reactive ketones (excluding diaryl/α,β-unsaturated/α-hetero) is 3. The lowest BCUT2D eigenvalue weighted by molar-refractivity contribution is -0.247. The van der Waals surface area contributed by atoms with Crippen LogP contribution in [-0.4, -0.2) is 241 Å². The summed E-state index contributed by atoms with van der Waals surface area (Å²) in [5.41, 5.74) is 8.13. The molecule has 0 aromatic heterocycles. The van der Waals surface area contributed by atoms with Gasteiger partial charge in [0.15, 0.2) is 59.4 Å². The van der Waals surface area contributed by atoms with Crippen molar-refractivity contribution in [1.29, 1.82) is 0 Å². The first-order valence-corrected chi connectivity index (χ1v) is 36.5. The van der Waals surface area contributed by atoms with Gasteiger partial charge in [-0.25, -0.2) is 0 Å². The first-order valence-electron chi connectivity index (χ1n) is 36.5. The lowest BCUT2D eigenvalue weighted by atomic mass is 9.72. The Labute approximate surface area is 684 Å². The summed E-state index contributed by atoms with van der Waals surface area (Å²) < 4.78 is 45.7. The second-order valence-corrected chi connectivity index (χ2v) is 30.1. The van der Waals surface area contributed by atoms with Crippen molar-refractivity contribution in [3.05, 3.63) is 161 Å². The van der Waals surface area contributed by atoms with Crippen molar-refractivity contribution in [3.63, 3.8) is 0 Å². The third kappa shape index (κ3) is 15.2. The molecule has 0 spiro atoms. The van der Waals surface area contributed by atoms with Crippen LogP contribution >= 0.6 is 37.2 Å². The molecule has 6 aromatic rings. The second kappa shape index (κ2) is 34.0. The van der Waals surface area contributed by atoms with Crippen LogP contribution in [0.15, 0.2) is 60.7 Å². The monoisotopic (exact) mass is 1690 g/mol. The van der Waals surface area contributed by atoms with Crippen LogP contribution in [0.3, 0.4) is 0 Å². The Kier molecular flexibility index (Phi) is 26.2. The Morgan fingerprint density at radius 3 is 0.957 bits per heavy atom. The molecule has 3 aliphatic heterocycles. The minimum absolute atomic E-state index is 0. The molecular weight excluding hydrogens is 1610 g/mol. The van der Waals surface area contributed by atoms with Crippen molar-refractivity contribution >= 4 is 89.3 Å². The van der Waals surface area contributed by atoms with Crippen LogP contribution in [0.2, 0.25) is 0 Å². The van der Waals surface area contributed by atoms with Crippen LogP contribution in [0.25, 0.3) is 0 Å². The van der Waals surface area contributed by atoms with Gasteiger partial charge in [0.05, 0.1) is 114 Å². The van der Waals surface area contributed by atoms with Gasteiger partial charge < -0.3 is 127 Å². The van der Waals surface area contributed by atoms with E-state index in [1.807, 2.05) is 0 Å². The number of carbonyl (C=O) groups is 9. The minimum Gasteiger partial charge on any atom is -0.507 e. The molecule has 37 heteroatoms. The highest BCUT2D eigenvalue weighted by molar-refractivity contribution is 6.33. The second-order valence-electron chi connectivity index (χ2n) is 30.1. The van der Waals surface area contributed by atoms with E-state index in [4.69, 9.17) is 55.1 Å². The van der Waals surface area contributed by atoms with E-state index in [0.29, 0.717) is 0 Å². The highest BCUT2D eigenvalue weighted by Crippen LogP contribution is 2.57. The van der Waals surface area contributed by atoms with E-state index in [-0.39, 0.29) is 152 Å². The Bertz CT molecular complexity index is 4830. The van der Waals surface area contributed by atoms with Gasteiger partial charge in [0.2, 0.25) is 11.6 Å². The van der Waals surface area contributed by atoms with Gasteiger partial charge in [-0.2, -0.15) is 0 Å². The molecular formula is C80H88Cl3N3O31. The Balaban J connectivity index is 0.000000183. The molecule has 0 saturated carbocycles. The van der Waals surface area contributed by atoms with Gasteiger partial charge in [0.1, 0.15) is 76.0 Å². The Morgan fingerprint density at radius 1 is 0.410 bits per heavy atom. The summed E-state index contributed by atoms with van der Waals surface area (Å²) in [5, 5.41) is 151. The molecule has 3 fully saturated rings. The van der Waals surface area contributed by atoms with E-state index in [1.165, 1.54) is 69.7 Å². The maximum absolute atomic E-state index is 13.6. The summed E-state index contributed by atoms with van der Waals surface area (Å²) in [4.78, 5) is 119. The molecule has 117 heavy (non-hydrogen) atoms. The number of phenols is 6. The van der Waals surface area contributed by atoms with Crippen LogP contribution in [0, 0.1) is 0 Å². The van der Waals surface area contributed by atoms with Crippen molar-refractivity contribution < 1.29 is 153 Å². The number of rotatable bonds is 13. The molecule has 0 unspecified atom stereocenters. The molecule has 15 rings (SSSR count). The van der Waals surface area contributed by atoms with Crippen LogP contribution in [0.1, 0.15) is 213 Å². The van der Waals surface area contributed by atoms with E-state index in [0.717, 1.165) is 0 Å². The molecule has 18 atom stereocenters. The lowest BCUT2D eigenvalue weighted by Crippen LogP contribution is -2.53. The molecule has 34 nitrogen and oxygen atoms in total. The number of carbonyl (C=O) groups excluding carboxylic acids is 9. The number of ether oxygens (including phenoxy) is 8. The number of methoxy groups -OCH3 is 2. The van der Waals surface area contributed by atoms with Crippen LogP contribution < -0.4 is 26.7 Å². The highest BCUT2D eigenvalue weighted by atomic mass is 35.5. The molecule has 6 aromatic carbocycles. The number of aliphatic hydroxyl groups is 8. The van der Waals surface area contributed by atoms with Gasteiger partial charge in [0, 0.05) is 132 Å². The van der Waals surface area contributed by atoms with Gasteiger partial charge in [-0.1, -0.05) is 48.5 Å². The zero-order valence-electron chi connectivity index (χ0n) is 63.4. The van der Waals surface area contributed by atoms with Crippen LogP contribution in [0.4, 0.5) is 0 Å². The molecule has 0 amide bonds. The largest absolute Gasteiger partial charge is 0.507 e. The summed E-state index contributed by atoms with van der Waals surface area (Å²) in [6.07, 6.45) is -14.6. The molecule has 6 aliphatic carbocycles. The number of phenolic OH excluding ortho intramolecular Hbond substituents is 6. The predicted octanol–water partition coefficient (Wildman–Crippen LogP) is 2.29. The highest BCUT2D eigenvalue weighted by Gasteiger charge is 2.55. The number of ketones is 9. The van der Waals surface area contributed by atoms with Crippen molar-refractivity contribution in [3.8, 4) is 46.0 Å². The fourth-order valence-electron chi connectivity index (χ4n) is 16.9. The minimum atomic E-state index is -2.24. The summed E-state index contributed by atoms with van der Waals surface area (Å²) in [7, 11) is 2.64. The van der Waals surface area contributed by atoms with E-state index < -0.39 is 263 Å². The maximum atomic E-state index is 13.6. The average molecular weight is 1690 g/mol. The molecule has 20 N–H and O–H groups in total. The third-order valence-corrected chi connectivity index (χ3v) is 23.1. The third-order valence-electron chi connectivity index (χ3n) is 23.1. The number of halogens is 3. The molecule has 630 valence electrons. The number of fused-ring (bicyclic) bond motifs is 9. The van der Waals surface area contributed by atoms with Gasteiger partial charge >= 0.3 is 0 Å². The number of nitrogens with two attached hydrogens (primary N) is 3. The zero-order valence-corrected chi connectivity index (χ0v) is 65.8. The quantitative estimate of drug-likeness (QED) is 0.0736. The SMILES string of the molecule is CC(=O)[C@]1(O)Cc2c(O)c3c(c(O)c2[C@@H](O[C@H]2C[C@H](N)[C@H](O)[C@H](C)O2)C1)C(=O)c1ccccc1C3=O.COc1cccc2c1C(=O)c1c(O)c3c(c(O)c1C2=O)C[C@@](O)(C(=O)CO)C[C@@H]3O[C@H]1C[C@H](N)[C@@H](O)[C@H](C)O1.COc1cccc2c1C(=O)c1c(O)c3c(c(O)c1C2=O)C[C@@](O)(C(=O)CO)C[C@@H]3O[C@H]1C[C@H](N)[C@H](O)[C@H](C)O1.Cl.Cl.Cl.